The molecule has 0 radical (unpaired) electrons. The van der Waals surface area contributed by atoms with E-state index in [-0.39, 0.29) is 31.6 Å². The molecule has 0 heterocycles. The molecular formula is C35H50N6O8S. The van der Waals surface area contributed by atoms with E-state index in [0.29, 0.717) is 11.3 Å². The summed E-state index contributed by atoms with van der Waals surface area (Å²) in [7, 11) is 0. The van der Waals surface area contributed by atoms with Crippen molar-refractivity contribution in [1.82, 2.24) is 26.6 Å². The Bertz CT molecular complexity index is 1410. The van der Waals surface area contributed by atoms with Gasteiger partial charge >= 0.3 is 5.97 Å². The molecule has 0 aliphatic heterocycles. The van der Waals surface area contributed by atoms with Crippen molar-refractivity contribution in [2.75, 3.05) is 18.6 Å². The third-order valence-corrected chi connectivity index (χ3v) is 8.33. The highest BCUT2D eigenvalue weighted by Gasteiger charge is 2.31. The first kappa shape index (κ1) is 41.7. The van der Waals surface area contributed by atoms with Crippen molar-refractivity contribution in [2.24, 2.45) is 11.7 Å². The third-order valence-electron chi connectivity index (χ3n) is 7.68. The van der Waals surface area contributed by atoms with Gasteiger partial charge in [-0.05, 0) is 55.2 Å². The van der Waals surface area contributed by atoms with Gasteiger partial charge in [0.2, 0.25) is 29.5 Å². The van der Waals surface area contributed by atoms with E-state index in [9.17, 15) is 39.0 Å². The summed E-state index contributed by atoms with van der Waals surface area (Å²) in [5.74, 6) is -4.38. The van der Waals surface area contributed by atoms with E-state index >= 15 is 0 Å². The molecule has 0 saturated carbocycles. The minimum atomic E-state index is -1.46. The lowest BCUT2D eigenvalue weighted by Gasteiger charge is -2.26. The molecule has 0 aliphatic carbocycles. The lowest BCUT2D eigenvalue weighted by molar-refractivity contribution is -0.142. The summed E-state index contributed by atoms with van der Waals surface area (Å²) in [6, 6.07) is 10.9. The zero-order valence-electron chi connectivity index (χ0n) is 28.9. The maximum Gasteiger partial charge on any atom is 0.326 e. The summed E-state index contributed by atoms with van der Waals surface area (Å²) in [5, 5.41) is 32.3. The number of amides is 5. The molecule has 0 spiro atoms. The van der Waals surface area contributed by atoms with Gasteiger partial charge in [0.05, 0.1) is 12.6 Å². The molecule has 2 rings (SSSR count). The van der Waals surface area contributed by atoms with Crippen LogP contribution in [0.4, 0.5) is 0 Å². The lowest BCUT2D eigenvalue weighted by Crippen LogP contribution is -2.59. The highest BCUT2D eigenvalue weighted by Crippen LogP contribution is 2.09. The average Bonchev–Trinajstić information content (AvgIpc) is 3.08. The second-order valence-electron chi connectivity index (χ2n) is 12.4. The van der Waals surface area contributed by atoms with Crippen molar-refractivity contribution in [3.8, 4) is 0 Å². The highest BCUT2D eigenvalue weighted by atomic mass is 32.2. The number of nitrogens with two attached hydrogens (primary N) is 1. The second-order valence-corrected chi connectivity index (χ2v) is 13.4. The van der Waals surface area contributed by atoms with E-state index in [1.165, 1.54) is 18.7 Å². The van der Waals surface area contributed by atoms with Crippen molar-refractivity contribution < 1.29 is 39.0 Å². The van der Waals surface area contributed by atoms with Crippen LogP contribution in [0.15, 0.2) is 60.7 Å². The molecule has 0 aromatic heterocycles. The fourth-order valence-electron chi connectivity index (χ4n) is 4.91. The molecule has 14 nitrogen and oxygen atoms in total. The van der Waals surface area contributed by atoms with Gasteiger partial charge in [0.1, 0.15) is 30.2 Å². The van der Waals surface area contributed by atoms with Gasteiger partial charge in [-0.15, -0.1) is 0 Å². The molecule has 2 aromatic rings. The Balaban J connectivity index is 2.03. The molecule has 9 N–H and O–H groups in total. The fraction of sp³-hybridized carbons (Fsp3) is 0.486. The van der Waals surface area contributed by atoms with Crippen LogP contribution in [-0.4, -0.2) is 101 Å². The van der Waals surface area contributed by atoms with Gasteiger partial charge in [-0.2, -0.15) is 11.8 Å². The minimum Gasteiger partial charge on any atom is -0.480 e. The van der Waals surface area contributed by atoms with Crippen molar-refractivity contribution >= 4 is 47.3 Å². The quantitative estimate of drug-likeness (QED) is 0.0871. The Morgan fingerprint density at radius 1 is 0.660 bits per heavy atom. The molecule has 5 amide bonds. The molecule has 0 saturated heterocycles. The van der Waals surface area contributed by atoms with E-state index in [2.05, 4.69) is 26.6 Å². The monoisotopic (exact) mass is 714 g/mol. The normalized spacial score (nSPS) is 14.6. The molecule has 274 valence electrons. The molecule has 0 aliphatic rings. The van der Waals surface area contributed by atoms with Crippen LogP contribution in [-0.2, 0) is 41.6 Å². The molecule has 6 atom stereocenters. The summed E-state index contributed by atoms with van der Waals surface area (Å²) in [4.78, 5) is 77.4. The van der Waals surface area contributed by atoms with E-state index < -0.39 is 78.4 Å². The molecule has 0 fully saturated rings. The number of aliphatic hydroxyl groups excluding tert-OH is 1. The Hall–Kier alpha value is -4.47. The molecule has 0 bridgehead atoms. The van der Waals surface area contributed by atoms with Crippen molar-refractivity contribution in [1.29, 1.82) is 0 Å². The van der Waals surface area contributed by atoms with Crippen LogP contribution in [0.3, 0.4) is 0 Å². The van der Waals surface area contributed by atoms with Crippen LogP contribution in [0.1, 0.15) is 44.7 Å². The van der Waals surface area contributed by atoms with Crippen molar-refractivity contribution in [3.05, 3.63) is 71.8 Å². The largest absolute Gasteiger partial charge is 0.480 e. The summed E-state index contributed by atoms with van der Waals surface area (Å²) in [6.07, 6.45) is 2.52. The number of carboxylic acid groups (broad SMARTS) is 1. The number of carboxylic acids is 1. The Morgan fingerprint density at radius 2 is 1.14 bits per heavy atom. The number of rotatable bonds is 21. The topological polar surface area (TPSA) is 229 Å². The Kier molecular flexibility index (Phi) is 18.0. The standard InChI is InChI=1S/C35H50N6O8S/c1-21(2)17-27(33(46)40-28(35(48)49)19-24-13-9-6-10-14-24)39-30(43)22(3)37-34(47)29(20-42)41-32(45)26(15-16-50-4)38-31(44)25(36)18-23-11-7-5-8-12-23/h5-14,21-22,25-29,42H,15-20,36H2,1-4H3,(H,37,47)(H,38,44)(H,39,43)(H,40,46)(H,41,45)(H,48,49)/t22-,25-,26-,27-,28-,29-/m0/s1. The zero-order chi connectivity index (χ0) is 37.2. The fourth-order valence-corrected chi connectivity index (χ4v) is 5.38. The SMILES string of the molecule is CSCC[C@H](NC(=O)[C@@H](N)Cc1ccccc1)C(=O)N[C@@H](CO)C(=O)N[C@@H](C)C(=O)N[C@@H](CC(C)C)C(=O)N[C@@H](Cc1ccccc1)C(=O)O. The first-order chi connectivity index (χ1) is 23.7. The van der Waals surface area contributed by atoms with E-state index in [1.54, 1.807) is 30.3 Å². The number of hydrogen-bond acceptors (Lipinski definition) is 9. The Morgan fingerprint density at radius 3 is 1.66 bits per heavy atom. The molecular weight excluding hydrogens is 664 g/mol. The summed E-state index contributed by atoms with van der Waals surface area (Å²) in [5.41, 5.74) is 7.64. The maximum atomic E-state index is 13.2. The Labute approximate surface area is 297 Å². The van der Waals surface area contributed by atoms with Gasteiger partial charge in [0, 0.05) is 6.42 Å². The van der Waals surface area contributed by atoms with E-state index in [4.69, 9.17) is 5.73 Å². The summed E-state index contributed by atoms with van der Waals surface area (Å²) >= 11 is 1.45. The van der Waals surface area contributed by atoms with Crippen molar-refractivity contribution in [2.45, 2.75) is 82.7 Å². The molecule has 50 heavy (non-hydrogen) atoms. The van der Waals surface area contributed by atoms with Gasteiger partial charge in [-0.1, -0.05) is 74.5 Å². The highest BCUT2D eigenvalue weighted by molar-refractivity contribution is 7.98. The van der Waals surface area contributed by atoms with Crippen LogP contribution in [0.5, 0.6) is 0 Å². The minimum absolute atomic E-state index is 0.0350. The summed E-state index contributed by atoms with van der Waals surface area (Å²) in [6.45, 7) is 4.21. The van der Waals surface area contributed by atoms with Crippen molar-refractivity contribution in [3.63, 3.8) is 0 Å². The lowest BCUT2D eigenvalue weighted by atomic mass is 10.0. The maximum absolute atomic E-state index is 13.2. The van der Waals surface area contributed by atoms with E-state index in [0.717, 1.165) is 5.56 Å². The number of aliphatic hydroxyl groups is 1. The van der Waals surface area contributed by atoms with Crippen LogP contribution in [0.25, 0.3) is 0 Å². The van der Waals surface area contributed by atoms with Crippen LogP contribution in [0.2, 0.25) is 0 Å². The van der Waals surface area contributed by atoms with Gasteiger partial charge in [-0.25, -0.2) is 4.79 Å². The first-order valence-corrected chi connectivity index (χ1v) is 17.8. The number of carbonyl (C=O) groups excluding carboxylic acids is 5. The van der Waals surface area contributed by atoms with E-state index in [1.807, 2.05) is 50.4 Å². The summed E-state index contributed by atoms with van der Waals surface area (Å²) < 4.78 is 0. The van der Waals surface area contributed by atoms with Gasteiger partial charge < -0.3 is 42.5 Å². The first-order valence-electron chi connectivity index (χ1n) is 16.4. The molecule has 2 aromatic carbocycles. The van der Waals surface area contributed by atoms with Gasteiger partial charge in [-0.3, -0.25) is 24.0 Å². The van der Waals surface area contributed by atoms with Gasteiger partial charge in [0.15, 0.2) is 0 Å². The predicted molar refractivity (Wildman–Crippen MR) is 191 cm³/mol. The molecule has 15 heteroatoms. The van der Waals surface area contributed by atoms with Crippen LogP contribution in [0, 0.1) is 5.92 Å². The number of aliphatic carboxylic acids is 1. The molecule has 0 unspecified atom stereocenters. The van der Waals surface area contributed by atoms with Crippen LogP contribution >= 0.6 is 11.8 Å². The number of carbonyl (C=O) groups is 6. The third kappa shape index (κ3) is 14.6. The number of thioether (sulfide) groups is 1. The number of hydrogen-bond donors (Lipinski definition) is 8. The van der Waals surface area contributed by atoms with Crippen LogP contribution < -0.4 is 32.3 Å². The van der Waals surface area contributed by atoms with Gasteiger partial charge in [0.25, 0.3) is 0 Å². The average molecular weight is 715 g/mol. The predicted octanol–water partition coefficient (Wildman–Crippen LogP) is 0.119. The number of benzene rings is 2. The zero-order valence-corrected chi connectivity index (χ0v) is 29.7. The second kappa shape index (κ2) is 21.6. The smallest absolute Gasteiger partial charge is 0.326 e. The number of nitrogens with one attached hydrogen (secondary N) is 5.